The van der Waals surface area contributed by atoms with Gasteiger partial charge in [-0.05, 0) is 25.3 Å². The number of allylic oxidation sites excluding steroid dienone is 1. The van der Waals surface area contributed by atoms with Crippen molar-refractivity contribution in [2.45, 2.75) is 38.4 Å². The largest absolute Gasteiger partial charge is 0.378 e. The molecule has 1 aliphatic carbocycles. The molecule has 4 rings (SSSR count). The van der Waals surface area contributed by atoms with Crippen LogP contribution in [0.1, 0.15) is 33.7 Å². The van der Waals surface area contributed by atoms with E-state index in [2.05, 4.69) is 17.0 Å². The van der Waals surface area contributed by atoms with Crippen LogP contribution in [0.3, 0.4) is 0 Å². The molecule has 1 aliphatic heterocycles. The van der Waals surface area contributed by atoms with Gasteiger partial charge in [-0.1, -0.05) is 12.1 Å². The Morgan fingerprint density at radius 1 is 1.33 bits per heavy atom. The third-order valence-electron chi connectivity index (χ3n) is 5.75. The lowest BCUT2D eigenvalue weighted by Crippen LogP contribution is -2.41. The van der Waals surface area contributed by atoms with Crippen molar-refractivity contribution in [3.8, 4) is 0 Å². The second-order valence-electron chi connectivity index (χ2n) is 7.71. The standard InChI is InChI=1S/C22H26F2N4O2/c1-2-7-28-20-6-5-17(25-14-15-3-4-16(23)12-19(15)24)13-18(20)21(26-28)22(29)27-8-10-30-11-9-27/h2-4,12,17,25H,1,5-11,13-14H2/t17-/m0/s1. The van der Waals surface area contributed by atoms with Crippen molar-refractivity contribution in [2.24, 2.45) is 0 Å². The van der Waals surface area contributed by atoms with Gasteiger partial charge in [-0.3, -0.25) is 9.48 Å². The molecule has 0 radical (unpaired) electrons. The molecule has 1 aromatic carbocycles. The second kappa shape index (κ2) is 9.06. The Morgan fingerprint density at radius 2 is 2.13 bits per heavy atom. The topological polar surface area (TPSA) is 59.4 Å². The van der Waals surface area contributed by atoms with Crippen molar-refractivity contribution in [2.75, 3.05) is 26.3 Å². The predicted octanol–water partition coefficient (Wildman–Crippen LogP) is 2.47. The molecule has 1 aromatic heterocycles. The number of hydrogen-bond donors (Lipinski definition) is 1. The van der Waals surface area contributed by atoms with E-state index in [1.807, 2.05) is 4.68 Å². The number of aromatic nitrogens is 2. The van der Waals surface area contributed by atoms with E-state index in [1.54, 1.807) is 11.0 Å². The first-order valence-electron chi connectivity index (χ1n) is 10.3. The Kier molecular flexibility index (Phi) is 6.24. The van der Waals surface area contributed by atoms with E-state index < -0.39 is 11.6 Å². The summed E-state index contributed by atoms with van der Waals surface area (Å²) in [5.41, 5.74) is 2.94. The Balaban J connectivity index is 1.52. The van der Waals surface area contributed by atoms with Crippen LogP contribution in [0, 0.1) is 11.6 Å². The highest BCUT2D eigenvalue weighted by atomic mass is 19.1. The number of nitrogens with one attached hydrogen (secondary N) is 1. The summed E-state index contributed by atoms with van der Waals surface area (Å²) in [4.78, 5) is 14.9. The fraction of sp³-hybridized carbons (Fsp3) is 0.455. The van der Waals surface area contributed by atoms with Crippen LogP contribution in [0.15, 0.2) is 30.9 Å². The fourth-order valence-corrected chi connectivity index (χ4v) is 4.14. The van der Waals surface area contributed by atoms with Crippen molar-refractivity contribution in [3.63, 3.8) is 0 Å². The maximum Gasteiger partial charge on any atom is 0.274 e. The number of morpholine rings is 1. The summed E-state index contributed by atoms with van der Waals surface area (Å²) in [6.45, 7) is 6.85. The zero-order valence-electron chi connectivity index (χ0n) is 16.9. The van der Waals surface area contributed by atoms with Gasteiger partial charge in [0.15, 0.2) is 5.69 Å². The average molecular weight is 416 g/mol. The molecule has 160 valence electrons. The van der Waals surface area contributed by atoms with Crippen LogP contribution in [0.4, 0.5) is 8.78 Å². The van der Waals surface area contributed by atoms with Crippen LogP contribution in [0.5, 0.6) is 0 Å². The van der Waals surface area contributed by atoms with Crippen LogP contribution < -0.4 is 5.32 Å². The molecule has 1 amide bonds. The van der Waals surface area contributed by atoms with Gasteiger partial charge in [-0.2, -0.15) is 5.10 Å². The highest BCUT2D eigenvalue weighted by Crippen LogP contribution is 2.26. The third-order valence-corrected chi connectivity index (χ3v) is 5.75. The maximum absolute atomic E-state index is 13.9. The number of nitrogens with zero attached hydrogens (tertiary/aromatic N) is 3. The van der Waals surface area contributed by atoms with Gasteiger partial charge in [-0.15, -0.1) is 6.58 Å². The first-order valence-corrected chi connectivity index (χ1v) is 10.3. The molecule has 0 saturated carbocycles. The summed E-state index contributed by atoms with van der Waals surface area (Å²) < 4.78 is 34.3. The maximum atomic E-state index is 13.9. The number of hydrogen-bond acceptors (Lipinski definition) is 4. The lowest BCUT2D eigenvalue weighted by Gasteiger charge is -2.28. The van der Waals surface area contributed by atoms with Crippen molar-refractivity contribution in [1.82, 2.24) is 20.0 Å². The van der Waals surface area contributed by atoms with E-state index in [4.69, 9.17) is 4.74 Å². The molecule has 6 nitrogen and oxygen atoms in total. The molecule has 0 unspecified atom stereocenters. The van der Waals surface area contributed by atoms with E-state index in [9.17, 15) is 13.6 Å². The quantitative estimate of drug-likeness (QED) is 0.735. The Morgan fingerprint density at radius 3 is 2.87 bits per heavy atom. The summed E-state index contributed by atoms with van der Waals surface area (Å²) in [5.74, 6) is -1.21. The SMILES string of the molecule is C=CCn1nc(C(=O)N2CCOCC2)c2c1CC[C@H](NCc1ccc(F)cc1F)C2. The van der Waals surface area contributed by atoms with Gasteiger partial charge in [0.2, 0.25) is 0 Å². The number of fused-ring (bicyclic) bond motifs is 1. The lowest BCUT2D eigenvalue weighted by atomic mass is 9.90. The number of carbonyl (C=O) groups excluding carboxylic acids is 1. The molecule has 1 fully saturated rings. The molecule has 8 heteroatoms. The molecule has 30 heavy (non-hydrogen) atoms. The number of benzene rings is 1. The minimum absolute atomic E-state index is 0.0670. The lowest BCUT2D eigenvalue weighted by molar-refractivity contribution is 0.0297. The number of rotatable bonds is 6. The molecule has 2 aliphatic rings. The summed E-state index contributed by atoms with van der Waals surface area (Å²) in [6.07, 6.45) is 4.04. The predicted molar refractivity (Wildman–Crippen MR) is 108 cm³/mol. The Hall–Kier alpha value is -2.58. The highest BCUT2D eigenvalue weighted by Gasteiger charge is 2.31. The summed E-state index contributed by atoms with van der Waals surface area (Å²) in [7, 11) is 0. The van der Waals surface area contributed by atoms with Gasteiger partial charge in [0.1, 0.15) is 11.6 Å². The molecular formula is C22H26F2N4O2. The van der Waals surface area contributed by atoms with E-state index >= 15 is 0 Å². The van der Waals surface area contributed by atoms with E-state index in [0.29, 0.717) is 57.1 Å². The van der Waals surface area contributed by atoms with Gasteiger partial charge >= 0.3 is 0 Å². The van der Waals surface area contributed by atoms with Gasteiger partial charge in [-0.25, -0.2) is 8.78 Å². The number of ether oxygens (including phenoxy) is 1. The molecule has 2 aromatic rings. The van der Waals surface area contributed by atoms with Gasteiger partial charge in [0.25, 0.3) is 5.91 Å². The molecule has 1 N–H and O–H groups in total. The highest BCUT2D eigenvalue weighted by molar-refractivity contribution is 5.94. The van der Waals surface area contributed by atoms with E-state index in [1.165, 1.54) is 12.1 Å². The summed E-state index contributed by atoms with van der Waals surface area (Å²) >= 11 is 0. The molecule has 1 atom stereocenters. The normalized spacial score (nSPS) is 18.9. The van der Waals surface area contributed by atoms with E-state index in [0.717, 1.165) is 30.2 Å². The smallest absolute Gasteiger partial charge is 0.274 e. The first kappa shape index (κ1) is 20.7. The third kappa shape index (κ3) is 4.29. The minimum Gasteiger partial charge on any atom is -0.378 e. The number of amides is 1. The van der Waals surface area contributed by atoms with Gasteiger partial charge in [0.05, 0.1) is 19.8 Å². The Bertz CT molecular complexity index is 937. The van der Waals surface area contributed by atoms with Gasteiger partial charge in [0, 0.05) is 48.6 Å². The van der Waals surface area contributed by atoms with Crippen molar-refractivity contribution in [3.05, 3.63) is 65.0 Å². The van der Waals surface area contributed by atoms with Crippen molar-refractivity contribution in [1.29, 1.82) is 0 Å². The second-order valence-corrected chi connectivity index (χ2v) is 7.71. The van der Waals surface area contributed by atoms with E-state index in [-0.39, 0.29) is 11.9 Å². The number of halogens is 2. The monoisotopic (exact) mass is 416 g/mol. The summed E-state index contributed by atoms with van der Waals surface area (Å²) in [6, 6.07) is 3.70. The van der Waals surface area contributed by atoms with Crippen LogP contribution in [0.2, 0.25) is 0 Å². The average Bonchev–Trinajstić information content (AvgIpc) is 3.11. The molecule has 0 spiro atoms. The zero-order valence-corrected chi connectivity index (χ0v) is 16.9. The molecular weight excluding hydrogens is 390 g/mol. The molecule has 1 saturated heterocycles. The fourth-order valence-electron chi connectivity index (χ4n) is 4.14. The summed E-state index contributed by atoms with van der Waals surface area (Å²) in [5, 5.41) is 7.98. The molecule has 2 heterocycles. The van der Waals surface area contributed by atoms with Crippen LogP contribution in [-0.2, 0) is 30.7 Å². The molecule has 0 bridgehead atoms. The first-order chi connectivity index (χ1) is 14.6. The Labute approximate surface area is 174 Å². The van der Waals surface area contributed by atoms with Crippen molar-refractivity contribution < 1.29 is 18.3 Å². The van der Waals surface area contributed by atoms with Crippen LogP contribution >= 0.6 is 0 Å². The van der Waals surface area contributed by atoms with Crippen molar-refractivity contribution >= 4 is 5.91 Å². The minimum atomic E-state index is -0.584. The van der Waals surface area contributed by atoms with Gasteiger partial charge < -0.3 is 15.0 Å². The number of carbonyl (C=O) groups is 1. The zero-order chi connectivity index (χ0) is 21.1. The van der Waals surface area contributed by atoms with Crippen LogP contribution in [-0.4, -0.2) is 52.9 Å². The van der Waals surface area contributed by atoms with Crippen LogP contribution in [0.25, 0.3) is 0 Å².